The third kappa shape index (κ3) is 3.49. The van der Waals surface area contributed by atoms with Gasteiger partial charge in [-0.3, -0.25) is 14.5 Å². The molecule has 0 bridgehead atoms. The van der Waals surface area contributed by atoms with Crippen LogP contribution in [0.15, 0.2) is 57.9 Å². The molecule has 130 valence electrons. The van der Waals surface area contributed by atoms with Gasteiger partial charge in [-0.05, 0) is 38.4 Å². The fourth-order valence-electron chi connectivity index (χ4n) is 2.86. The number of hydrogen-bond donors (Lipinski definition) is 1. The first-order chi connectivity index (χ1) is 12.0. The predicted molar refractivity (Wildman–Crippen MR) is 96.7 cm³/mol. The minimum absolute atomic E-state index is 0.0103. The van der Waals surface area contributed by atoms with Crippen LogP contribution in [-0.4, -0.2) is 36.0 Å². The Kier molecular flexibility index (Phi) is 4.72. The van der Waals surface area contributed by atoms with Crippen molar-refractivity contribution in [3.05, 3.63) is 70.3 Å². The second-order valence-corrected chi connectivity index (χ2v) is 6.20. The van der Waals surface area contributed by atoms with Gasteiger partial charge < -0.3 is 14.3 Å². The highest BCUT2D eigenvalue weighted by atomic mass is 16.3. The molecule has 2 heterocycles. The molecule has 1 aromatic carbocycles. The Labute approximate surface area is 145 Å². The van der Waals surface area contributed by atoms with Gasteiger partial charge in [-0.2, -0.15) is 0 Å². The van der Waals surface area contributed by atoms with E-state index in [0.29, 0.717) is 17.5 Å². The summed E-state index contributed by atoms with van der Waals surface area (Å²) in [5, 5.41) is 3.33. The molecule has 2 aromatic heterocycles. The van der Waals surface area contributed by atoms with Gasteiger partial charge in [0.15, 0.2) is 11.2 Å². The monoisotopic (exact) mass is 339 g/mol. The number of rotatable bonds is 5. The van der Waals surface area contributed by atoms with Crippen molar-refractivity contribution in [1.82, 2.24) is 14.8 Å². The molecule has 25 heavy (non-hydrogen) atoms. The summed E-state index contributed by atoms with van der Waals surface area (Å²) in [6.07, 6.45) is 1.97. The van der Waals surface area contributed by atoms with Crippen LogP contribution in [0.2, 0.25) is 0 Å². The van der Waals surface area contributed by atoms with Gasteiger partial charge in [-0.15, -0.1) is 0 Å². The third-order valence-electron chi connectivity index (χ3n) is 4.26. The van der Waals surface area contributed by atoms with Crippen LogP contribution in [-0.2, 0) is 7.05 Å². The lowest BCUT2D eigenvalue weighted by molar-refractivity contribution is 0.0914. The van der Waals surface area contributed by atoms with Gasteiger partial charge in [0.1, 0.15) is 5.58 Å². The molecule has 0 fully saturated rings. The number of nitrogens with zero attached hydrogens (tertiary/aromatic N) is 2. The van der Waals surface area contributed by atoms with Crippen LogP contribution in [0.5, 0.6) is 0 Å². The Hall–Kier alpha value is -2.86. The summed E-state index contributed by atoms with van der Waals surface area (Å²) in [4.78, 5) is 26.6. The smallest absolute Gasteiger partial charge is 0.287 e. The van der Waals surface area contributed by atoms with E-state index in [0.717, 1.165) is 5.69 Å². The quantitative estimate of drug-likeness (QED) is 0.773. The Bertz CT molecular complexity index is 956. The number of nitrogens with one attached hydrogen (secondary N) is 1. The van der Waals surface area contributed by atoms with Crippen LogP contribution in [0, 0.1) is 0 Å². The maximum absolute atomic E-state index is 12.5. The number of aromatic nitrogens is 1. The highest BCUT2D eigenvalue weighted by molar-refractivity contribution is 5.93. The van der Waals surface area contributed by atoms with Crippen molar-refractivity contribution in [3.8, 4) is 0 Å². The second kappa shape index (κ2) is 6.94. The standard InChI is InChI=1S/C19H21N3O3/c1-21(2)15(14-8-6-10-22(14)3)12-20-19(24)18-11-16(23)13-7-4-5-9-17(13)25-18/h4-11,15H,12H2,1-3H3,(H,20,24). The number of para-hydroxylation sites is 1. The zero-order valence-corrected chi connectivity index (χ0v) is 14.5. The molecule has 0 radical (unpaired) electrons. The molecule has 6 heteroatoms. The predicted octanol–water partition coefficient (Wildman–Crippen LogP) is 2.16. The summed E-state index contributed by atoms with van der Waals surface area (Å²) in [5.74, 6) is -0.378. The summed E-state index contributed by atoms with van der Waals surface area (Å²) >= 11 is 0. The third-order valence-corrected chi connectivity index (χ3v) is 4.26. The Morgan fingerprint density at radius 3 is 2.68 bits per heavy atom. The number of carbonyl (C=O) groups is 1. The topological polar surface area (TPSA) is 67.5 Å². The van der Waals surface area contributed by atoms with Crippen molar-refractivity contribution in [2.75, 3.05) is 20.6 Å². The molecule has 0 saturated carbocycles. The van der Waals surface area contributed by atoms with Crippen molar-refractivity contribution < 1.29 is 9.21 Å². The van der Waals surface area contributed by atoms with Crippen LogP contribution in [0.4, 0.5) is 0 Å². The Morgan fingerprint density at radius 1 is 1.24 bits per heavy atom. The first-order valence-electron chi connectivity index (χ1n) is 8.06. The minimum atomic E-state index is -0.399. The molecule has 0 aliphatic carbocycles. The molecule has 0 aliphatic rings. The molecule has 3 aromatic rings. The largest absolute Gasteiger partial charge is 0.451 e. The van der Waals surface area contributed by atoms with Crippen LogP contribution < -0.4 is 10.7 Å². The minimum Gasteiger partial charge on any atom is -0.451 e. The van der Waals surface area contributed by atoms with Crippen molar-refractivity contribution in [2.24, 2.45) is 7.05 Å². The molecule has 1 unspecified atom stereocenters. The molecule has 1 amide bonds. The Morgan fingerprint density at radius 2 is 2.00 bits per heavy atom. The number of benzene rings is 1. The van der Waals surface area contributed by atoms with Crippen molar-refractivity contribution in [2.45, 2.75) is 6.04 Å². The van der Waals surface area contributed by atoms with Gasteiger partial charge in [0.05, 0.1) is 11.4 Å². The van der Waals surface area contributed by atoms with E-state index in [2.05, 4.69) is 5.32 Å². The maximum atomic E-state index is 12.5. The first kappa shape index (κ1) is 17.0. The van der Waals surface area contributed by atoms with Crippen LogP contribution >= 0.6 is 0 Å². The number of fused-ring (bicyclic) bond motifs is 1. The highest BCUT2D eigenvalue weighted by Crippen LogP contribution is 2.18. The van der Waals surface area contributed by atoms with Crippen molar-refractivity contribution in [1.29, 1.82) is 0 Å². The summed E-state index contributed by atoms with van der Waals surface area (Å²) < 4.78 is 7.60. The number of hydrogen-bond acceptors (Lipinski definition) is 4. The summed E-state index contributed by atoms with van der Waals surface area (Å²) in [5.41, 5.74) is 1.27. The molecule has 0 aliphatic heterocycles. The van der Waals surface area contributed by atoms with E-state index in [1.54, 1.807) is 24.3 Å². The summed E-state index contributed by atoms with van der Waals surface area (Å²) in [6.45, 7) is 0.403. The van der Waals surface area contributed by atoms with Gasteiger partial charge in [-0.25, -0.2) is 0 Å². The van der Waals surface area contributed by atoms with Crippen LogP contribution in [0.25, 0.3) is 11.0 Å². The average Bonchev–Trinajstić information content (AvgIpc) is 3.00. The van der Waals surface area contributed by atoms with E-state index < -0.39 is 5.91 Å². The van der Waals surface area contributed by atoms with Gasteiger partial charge in [0.2, 0.25) is 0 Å². The second-order valence-electron chi connectivity index (χ2n) is 6.20. The van der Waals surface area contributed by atoms with Gasteiger partial charge >= 0.3 is 0 Å². The highest BCUT2D eigenvalue weighted by Gasteiger charge is 2.19. The van der Waals surface area contributed by atoms with E-state index in [-0.39, 0.29) is 17.2 Å². The fraction of sp³-hybridized carbons (Fsp3) is 0.263. The molecule has 0 saturated heterocycles. The van der Waals surface area contributed by atoms with E-state index in [9.17, 15) is 9.59 Å². The summed E-state index contributed by atoms with van der Waals surface area (Å²) in [7, 11) is 5.88. The summed E-state index contributed by atoms with van der Waals surface area (Å²) in [6, 6.07) is 12.1. The van der Waals surface area contributed by atoms with Crippen LogP contribution in [0.3, 0.4) is 0 Å². The number of aryl methyl sites for hydroxylation is 1. The lowest BCUT2D eigenvalue weighted by atomic mass is 10.2. The van der Waals surface area contributed by atoms with Gasteiger partial charge in [0.25, 0.3) is 5.91 Å². The molecule has 3 rings (SSSR count). The zero-order chi connectivity index (χ0) is 18.0. The first-order valence-corrected chi connectivity index (χ1v) is 8.06. The van der Waals surface area contributed by atoms with E-state index in [4.69, 9.17) is 4.42 Å². The fourth-order valence-corrected chi connectivity index (χ4v) is 2.86. The lowest BCUT2D eigenvalue weighted by Gasteiger charge is -2.25. The average molecular weight is 339 g/mol. The number of likely N-dealkylation sites (N-methyl/N-ethyl adjacent to an activating group) is 1. The molecule has 6 nitrogen and oxygen atoms in total. The molecule has 1 N–H and O–H groups in total. The van der Waals surface area contributed by atoms with E-state index in [1.807, 2.05) is 48.9 Å². The molecule has 1 atom stereocenters. The molecule has 0 spiro atoms. The lowest BCUT2D eigenvalue weighted by Crippen LogP contribution is -2.35. The number of amides is 1. The zero-order valence-electron chi connectivity index (χ0n) is 14.5. The van der Waals surface area contributed by atoms with E-state index in [1.165, 1.54) is 6.07 Å². The Balaban J connectivity index is 1.80. The molecular formula is C19H21N3O3. The number of carbonyl (C=O) groups excluding carboxylic acids is 1. The molecular weight excluding hydrogens is 318 g/mol. The van der Waals surface area contributed by atoms with Crippen molar-refractivity contribution in [3.63, 3.8) is 0 Å². The van der Waals surface area contributed by atoms with E-state index >= 15 is 0 Å². The SMILES string of the molecule is CN(C)C(CNC(=O)c1cc(=O)c2ccccc2o1)c1cccn1C. The van der Waals surface area contributed by atoms with Gasteiger partial charge in [-0.1, -0.05) is 12.1 Å². The van der Waals surface area contributed by atoms with Crippen molar-refractivity contribution >= 4 is 16.9 Å². The van der Waals surface area contributed by atoms with Gasteiger partial charge in [0, 0.05) is 31.5 Å². The maximum Gasteiger partial charge on any atom is 0.287 e. The normalized spacial score (nSPS) is 12.5. The van der Waals surface area contributed by atoms with Crippen LogP contribution in [0.1, 0.15) is 22.3 Å².